The van der Waals surface area contributed by atoms with Crippen LogP contribution in [0.5, 0.6) is 5.75 Å². The Kier molecular flexibility index (Phi) is 4.09. The summed E-state index contributed by atoms with van der Waals surface area (Å²) in [6.45, 7) is 2.06. The molecule has 0 N–H and O–H groups in total. The lowest BCUT2D eigenvalue weighted by atomic mass is 10.0. The lowest BCUT2D eigenvalue weighted by Crippen LogP contribution is -1.97. The van der Waals surface area contributed by atoms with E-state index in [9.17, 15) is 0 Å². The van der Waals surface area contributed by atoms with Gasteiger partial charge in [0.25, 0.3) is 0 Å². The molecule has 2 atom stereocenters. The van der Waals surface area contributed by atoms with Crippen LogP contribution in [0, 0.1) is 6.92 Å². The molecule has 1 saturated carbocycles. The molecule has 126 valence electrons. The van der Waals surface area contributed by atoms with E-state index in [1.807, 2.05) is 18.5 Å². The molecule has 3 aromatic rings. The summed E-state index contributed by atoms with van der Waals surface area (Å²) in [6, 6.07) is 5.78. The number of rotatable bonds is 4. The van der Waals surface area contributed by atoms with Crippen molar-refractivity contribution in [3.63, 3.8) is 0 Å². The minimum Gasteiger partial charge on any atom is -0.495 e. The average molecular weight is 353 g/mol. The minimum absolute atomic E-state index is 0.426. The van der Waals surface area contributed by atoms with Gasteiger partial charge in [-0.2, -0.15) is 0 Å². The topological polar surface area (TPSA) is 60.8 Å². The van der Waals surface area contributed by atoms with Gasteiger partial charge >= 0.3 is 0 Å². The standard InChI is InChI=1S/C19H17ClN4O/c1-11-13(4-5-16(20)17(11)25-2)15-8-14(15)12-9-23-19(24-10-12)18-21-6-3-7-22-18/h3-7,9-10,14-15H,8H2,1-2H3/t14-,15-/m0/s1. The van der Waals surface area contributed by atoms with Gasteiger partial charge in [-0.05, 0) is 54.0 Å². The van der Waals surface area contributed by atoms with Crippen molar-refractivity contribution < 1.29 is 4.74 Å². The highest BCUT2D eigenvalue weighted by Gasteiger charge is 2.41. The molecule has 0 bridgehead atoms. The van der Waals surface area contributed by atoms with Crippen LogP contribution in [0.15, 0.2) is 43.0 Å². The van der Waals surface area contributed by atoms with Gasteiger partial charge in [-0.25, -0.2) is 19.9 Å². The van der Waals surface area contributed by atoms with Crippen molar-refractivity contribution in [3.05, 3.63) is 64.7 Å². The van der Waals surface area contributed by atoms with E-state index >= 15 is 0 Å². The second-order valence-corrected chi connectivity index (χ2v) is 6.56. The van der Waals surface area contributed by atoms with E-state index in [2.05, 4.69) is 32.9 Å². The molecule has 0 spiro atoms. The SMILES string of the molecule is COc1c(Cl)ccc([C@@H]2C[C@H]2c2cnc(-c3ncccn3)nc2)c1C. The van der Waals surface area contributed by atoms with Crippen LogP contribution in [0.2, 0.25) is 5.02 Å². The molecule has 0 radical (unpaired) electrons. The van der Waals surface area contributed by atoms with Gasteiger partial charge in [-0.15, -0.1) is 0 Å². The molecular formula is C19H17ClN4O. The summed E-state index contributed by atoms with van der Waals surface area (Å²) in [5.41, 5.74) is 3.53. The Bertz CT molecular complexity index is 899. The maximum atomic E-state index is 6.20. The predicted octanol–water partition coefficient (Wildman–Crippen LogP) is 4.18. The Balaban J connectivity index is 1.56. The number of benzene rings is 1. The normalized spacial score (nSPS) is 18.8. The van der Waals surface area contributed by atoms with Crippen LogP contribution < -0.4 is 4.74 Å². The van der Waals surface area contributed by atoms with Crippen molar-refractivity contribution in [3.8, 4) is 17.4 Å². The molecule has 2 heterocycles. The lowest BCUT2D eigenvalue weighted by molar-refractivity contribution is 0.411. The molecule has 0 amide bonds. The van der Waals surface area contributed by atoms with Gasteiger partial charge in [0.1, 0.15) is 5.75 Å². The molecule has 0 aliphatic heterocycles. The molecular weight excluding hydrogens is 336 g/mol. The van der Waals surface area contributed by atoms with Crippen molar-refractivity contribution in [2.75, 3.05) is 7.11 Å². The predicted molar refractivity (Wildman–Crippen MR) is 95.9 cm³/mol. The first-order valence-electron chi connectivity index (χ1n) is 8.11. The molecule has 1 aromatic carbocycles. The second-order valence-electron chi connectivity index (χ2n) is 6.16. The van der Waals surface area contributed by atoms with Crippen molar-refractivity contribution in [2.45, 2.75) is 25.2 Å². The smallest absolute Gasteiger partial charge is 0.197 e. The Labute approximate surface area is 151 Å². The van der Waals surface area contributed by atoms with Gasteiger partial charge in [0.15, 0.2) is 11.6 Å². The maximum Gasteiger partial charge on any atom is 0.197 e. The van der Waals surface area contributed by atoms with Gasteiger partial charge in [-0.3, -0.25) is 0 Å². The third kappa shape index (κ3) is 2.96. The number of hydrogen-bond donors (Lipinski definition) is 0. The maximum absolute atomic E-state index is 6.20. The van der Waals surface area contributed by atoms with Gasteiger partial charge in [0, 0.05) is 24.8 Å². The van der Waals surface area contributed by atoms with Crippen molar-refractivity contribution >= 4 is 11.6 Å². The minimum atomic E-state index is 0.426. The zero-order chi connectivity index (χ0) is 17.4. The highest BCUT2D eigenvalue weighted by molar-refractivity contribution is 6.32. The number of nitrogens with zero attached hydrogens (tertiary/aromatic N) is 4. The van der Waals surface area contributed by atoms with E-state index in [0.717, 1.165) is 23.3 Å². The monoisotopic (exact) mass is 352 g/mol. The van der Waals surface area contributed by atoms with E-state index in [-0.39, 0.29) is 0 Å². The van der Waals surface area contributed by atoms with Crippen LogP contribution in [-0.2, 0) is 0 Å². The quantitative estimate of drug-likeness (QED) is 0.705. The Morgan fingerprint density at radius 3 is 2.36 bits per heavy atom. The number of aromatic nitrogens is 4. The van der Waals surface area contributed by atoms with E-state index < -0.39 is 0 Å². The van der Waals surface area contributed by atoms with Crippen LogP contribution >= 0.6 is 11.6 Å². The van der Waals surface area contributed by atoms with Gasteiger partial charge in [0.2, 0.25) is 0 Å². The molecule has 0 saturated heterocycles. The average Bonchev–Trinajstić information content (AvgIpc) is 3.44. The molecule has 0 unspecified atom stereocenters. The van der Waals surface area contributed by atoms with E-state index in [0.29, 0.717) is 28.5 Å². The lowest BCUT2D eigenvalue weighted by Gasteiger charge is -2.12. The molecule has 1 aliphatic carbocycles. The number of ether oxygens (including phenoxy) is 1. The zero-order valence-electron chi connectivity index (χ0n) is 14.0. The first-order valence-corrected chi connectivity index (χ1v) is 8.49. The largest absolute Gasteiger partial charge is 0.495 e. The fourth-order valence-electron chi connectivity index (χ4n) is 3.29. The van der Waals surface area contributed by atoms with Gasteiger partial charge in [0.05, 0.1) is 12.1 Å². The molecule has 4 rings (SSSR count). The molecule has 6 heteroatoms. The van der Waals surface area contributed by atoms with Crippen LogP contribution in [-0.4, -0.2) is 27.0 Å². The summed E-state index contributed by atoms with van der Waals surface area (Å²) in [7, 11) is 1.65. The van der Waals surface area contributed by atoms with E-state index in [4.69, 9.17) is 16.3 Å². The van der Waals surface area contributed by atoms with Gasteiger partial charge in [-0.1, -0.05) is 17.7 Å². The zero-order valence-corrected chi connectivity index (χ0v) is 14.7. The summed E-state index contributed by atoms with van der Waals surface area (Å²) in [6.07, 6.45) is 8.22. The van der Waals surface area contributed by atoms with Crippen LogP contribution in [0.4, 0.5) is 0 Å². The number of hydrogen-bond acceptors (Lipinski definition) is 5. The van der Waals surface area contributed by atoms with Crippen molar-refractivity contribution in [1.29, 1.82) is 0 Å². The van der Waals surface area contributed by atoms with Crippen molar-refractivity contribution in [2.24, 2.45) is 0 Å². The van der Waals surface area contributed by atoms with Crippen LogP contribution in [0.25, 0.3) is 11.6 Å². The first-order chi connectivity index (χ1) is 12.2. The number of methoxy groups -OCH3 is 1. The second kappa shape index (κ2) is 6.41. The fraction of sp³-hybridized carbons (Fsp3) is 0.263. The van der Waals surface area contributed by atoms with Crippen LogP contribution in [0.3, 0.4) is 0 Å². The fourth-order valence-corrected chi connectivity index (χ4v) is 3.57. The Morgan fingerprint density at radius 1 is 1.00 bits per heavy atom. The third-order valence-electron chi connectivity index (χ3n) is 4.66. The Hall–Kier alpha value is -2.53. The summed E-state index contributed by atoms with van der Waals surface area (Å²) in [5, 5.41) is 0.650. The van der Waals surface area contributed by atoms with Crippen LogP contribution in [0.1, 0.15) is 34.9 Å². The summed E-state index contributed by atoms with van der Waals surface area (Å²) in [4.78, 5) is 17.2. The molecule has 1 fully saturated rings. The van der Waals surface area contributed by atoms with Crippen molar-refractivity contribution in [1.82, 2.24) is 19.9 Å². The van der Waals surface area contributed by atoms with E-state index in [1.54, 1.807) is 25.6 Å². The summed E-state index contributed by atoms with van der Waals surface area (Å²) in [5.74, 6) is 2.73. The molecule has 2 aromatic heterocycles. The van der Waals surface area contributed by atoms with Gasteiger partial charge < -0.3 is 4.74 Å². The summed E-state index contributed by atoms with van der Waals surface area (Å²) >= 11 is 6.20. The highest BCUT2D eigenvalue weighted by Crippen LogP contribution is 2.56. The molecule has 1 aliphatic rings. The van der Waals surface area contributed by atoms with E-state index in [1.165, 1.54) is 5.56 Å². The summed E-state index contributed by atoms with van der Waals surface area (Å²) < 4.78 is 5.43. The number of halogens is 1. The Morgan fingerprint density at radius 2 is 1.68 bits per heavy atom. The third-order valence-corrected chi connectivity index (χ3v) is 4.96. The highest BCUT2D eigenvalue weighted by atomic mass is 35.5. The molecule has 5 nitrogen and oxygen atoms in total. The molecule has 25 heavy (non-hydrogen) atoms. The first kappa shape index (κ1) is 16.0.